The third-order valence-electron chi connectivity index (χ3n) is 4.21. The predicted octanol–water partition coefficient (Wildman–Crippen LogP) is 3.19. The Bertz CT molecular complexity index is 892. The van der Waals surface area contributed by atoms with E-state index >= 15 is 0 Å². The molecule has 0 unspecified atom stereocenters. The number of H-pyrrole nitrogens is 1. The van der Waals surface area contributed by atoms with Crippen molar-refractivity contribution in [3.05, 3.63) is 46.9 Å². The third-order valence-corrected chi connectivity index (χ3v) is 4.21. The van der Waals surface area contributed by atoms with Gasteiger partial charge in [0.05, 0.1) is 35.8 Å². The number of anilines is 1. The number of benzene rings is 1. The smallest absolute Gasteiger partial charge is 0.257 e. The van der Waals surface area contributed by atoms with Crippen molar-refractivity contribution in [1.29, 1.82) is 0 Å². The van der Waals surface area contributed by atoms with E-state index in [1.54, 1.807) is 13.3 Å². The molecule has 3 rings (SSSR count). The van der Waals surface area contributed by atoms with Gasteiger partial charge in [-0.15, -0.1) is 0 Å². The van der Waals surface area contributed by atoms with Crippen LogP contribution in [0, 0.1) is 20.8 Å². The summed E-state index contributed by atoms with van der Waals surface area (Å²) in [5, 5.41) is 8.40. The van der Waals surface area contributed by atoms with Crippen molar-refractivity contribution in [2.24, 2.45) is 0 Å². The van der Waals surface area contributed by atoms with Gasteiger partial charge in [0, 0.05) is 24.2 Å². The quantitative estimate of drug-likeness (QED) is 0.756. The summed E-state index contributed by atoms with van der Waals surface area (Å²) in [7, 11) is 1.66. The monoisotopic (exact) mass is 326 g/mol. The molecular weight excluding hydrogens is 304 g/mol. The number of methoxy groups -OCH3 is 1. The minimum Gasteiger partial charge on any atom is -0.383 e. The van der Waals surface area contributed by atoms with Gasteiger partial charge < -0.3 is 15.0 Å². The van der Waals surface area contributed by atoms with Crippen LogP contribution in [0.15, 0.2) is 24.4 Å². The van der Waals surface area contributed by atoms with Gasteiger partial charge >= 0.3 is 0 Å². The minimum atomic E-state index is -0.135. The van der Waals surface area contributed by atoms with Crippen molar-refractivity contribution in [2.45, 2.75) is 27.3 Å². The largest absolute Gasteiger partial charge is 0.383 e. The Kier molecular flexibility index (Phi) is 4.40. The molecule has 126 valence electrons. The molecule has 0 atom stereocenters. The van der Waals surface area contributed by atoms with Crippen molar-refractivity contribution >= 4 is 22.5 Å². The number of nitrogens with one attached hydrogen (secondary N) is 2. The van der Waals surface area contributed by atoms with E-state index in [1.165, 1.54) is 0 Å². The van der Waals surface area contributed by atoms with Crippen LogP contribution in [0.5, 0.6) is 0 Å². The lowest BCUT2D eigenvalue weighted by molar-refractivity contribution is 0.102. The fourth-order valence-corrected chi connectivity index (χ4v) is 2.88. The average Bonchev–Trinajstić information content (AvgIpc) is 3.08. The normalized spacial score (nSPS) is 11.2. The number of hydrogen-bond donors (Lipinski definition) is 2. The fraction of sp³-hybridized carbons (Fsp3) is 0.333. The van der Waals surface area contributed by atoms with Crippen molar-refractivity contribution in [3.63, 3.8) is 0 Å². The van der Waals surface area contributed by atoms with Crippen LogP contribution in [0.3, 0.4) is 0 Å². The lowest BCUT2D eigenvalue weighted by atomic mass is 10.1. The van der Waals surface area contributed by atoms with Gasteiger partial charge in [-0.3, -0.25) is 9.48 Å². The molecular formula is C18H22N4O2. The molecule has 0 fully saturated rings. The minimum absolute atomic E-state index is 0.135. The molecule has 24 heavy (non-hydrogen) atoms. The van der Waals surface area contributed by atoms with Crippen LogP contribution < -0.4 is 5.32 Å². The molecule has 0 radical (unpaired) electrons. The van der Waals surface area contributed by atoms with E-state index in [2.05, 4.69) is 15.4 Å². The SMILES string of the molecule is COCCn1nc(C)c(NC(=O)c2c[nH]c3ccc(C)cc23)c1C. The molecule has 0 aliphatic carbocycles. The van der Waals surface area contributed by atoms with Gasteiger partial charge in [0.25, 0.3) is 5.91 Å². The second kappa shape index (κ2) is 6.49. The molecule has 6 heteroatoms. The summed E-state index contributed by atoms with van der Waals surface area (Å²) in [6.07, 6.45) is 1.75. The molecule has 0 aliphatic heterocycles. The van der Waals surface area contributed by atoms with E-state index in [-0.39, 0.29) is 5.91 Å². The van der Waals surface area contributed by atoms with Crippen molar-refractivity contribution < 1.29 is 9.53 Å². The number of rotatable bonds is 5. The lowest BCUT2D eigenvalue weighted by Crippen LogP contribution is -2.13. The highest BCUT2D eigenvalue weighted by molar-refractivity contribution is 6.13. The highest BCUT2D eigenvalue weighted by atomic mass is 16.5. The van der Waals surface area contributed by atoms with Crippen LogP contribution in [0.2, 0.25) is 0 Å². The van der Waals surface area contributed by atoms with Crippen LogP contribution in [-0.2, 0) is 11.3 Å². The number of aromatic amines is 1. The maximum absolute atomic E-state index is 12.7. The van der Waals surface area contributed by atoms with Crippen LogP contribution in [0.1, 0.15) is 27.3 Å². The Morgan fingerprint density at radius 1 is 1.33 bits per heavy atom. The van der Waals surface area contributed by atoms with E-state index in [1.807, 2.05) is 43.7 Å². The van der Waals surface area contributed by atoms with Gasteiger partial charge in [-0.1, -0.05) is 11.6 Å². The van der Waals surface area contributed by atoms with Gasteiger partial charge in [0.1, 0.15) is 0 Å². The van der Waals surface area contributed by atoms with Crippen LogP contribution in [-0.4, -0.2) is 34.4 Å². The van der Waals surface area contributed by atoms with Crippen molar-refractivity contribution in [2.75, 3.05) is 19.0 Å². The molecule has 0 aliphatic rings. The summed E-state index contributed by atoms with van der Waals surface area (Å²) in [5.41, 5.74) is 5.20. The third kappa shape index (κ3) is 2.92. The van der Waals surface area contributed by atoms with E-state index < -0.39 is 0 Å². The summed E-state index contributed by atoms with van der Waals surface area (Å²) in [5.74, 6) is -0.135. The molecule has 3 aromatic rings. The standard InChI is InChI=1S/C18H22N4O2/c1-11-5-6-16-14(9-11)15(10-19-16)18(23)20-17-12(2)21-22(13(17)3)7-8-24-4/h5-6,9-10,19H,7-8H2,1-4H3,(H,20,23). The number of aromatic nitrogens is 3. The van der Waals surface area contributed by atoms with Crippen molar-refractivity contribution in [1.82, 2.24) is 14.8 Å². The van der Waals surface area contributed by atoms with E-state index in [0.29, 0.717) is 18.7 Å². The number of fused-ring (bicyclic) bond motifs is 1. The Morgan fingerprint density at radius 2 is 2.12 bits per heavy atom. The first kappa shape index (κ1) is 16.3. The molecule has 1 aromatic carbocycles. The Hall–Kier alpha value is -2.60. The highest BCUT2D eigenvalue weighted by Crippen LogP contribution is 2.24. The number of amides is 1. The zero-order valence-corrected chi connectivity index (χ0v) is 14.4. The second-order valence-corrected chi connectivity index (χ2v) is 5.97. The van der Waals surface area contributed by atoms with Crippen LogP contribution in [0.4, 0.5) is 5.69 Å². The topological polar surface area (TPSA) is 71.9 Å². The zero-order valence-electron chi connectivity index (χ0n) is 14.4. The Morgan fingerprint density at radius 3 is 2.88 bits per heavy atom. The molecule has 0 bridgehead atoms. The number of ether oxygens (including phenoxy) is 1. The predicted molar refractivity (Wildman–Crippen MR) is 94.6 cm³/mol. The van der Waals surface area contributed by atoms with E-state index in [0.717, 1.165) is 33.5 Å². The van der Waals surface area contributed by atoms with Gasteiger partial charge in [-0.2, -0.15) is 5.10 Å². The van der Waals surface area contributed by atoms with Gasteiger partial charge in [-0.05, 0) is 32.9 Å². The number of hydrogen-bond acceptors (Lipinski definition) is 3. The van der Waals surface area contributed by atoms with Crippen LogP contribution >= 0.6 is 0 Å². The number of nitrogens with zero attached hydrogens (tertiary/aromatic N) is 2. The van der Waals surface area contributed by atoms with Crippen LogP contribution in [0.25, 0.3) is 10.9 Å². The molecule has 1 amide bonds. The molecule has 6 nitrogen and oxygen atoms in total. The summed E-state index contributed by atoms with van der Waals surface area (Å²) < 4.78 is 6.95. The Balaban J connectivity index is 1.89. The molecule has 0 saturated carbocycles. The average molecular weight is 326 g/mol. The lowest BCUT2D eigenvalue weighted by Gasteiger charge is -2.06. The van der Waals surface area contributed by atoms with E-state index in [9.17, 15) is 4.79 Å². The summed E-state index contributed by atoms with van der Waals surface area (Å²) in [6.45, 7) is 7.10. The van der Waals surface area contributed by atoms with Gasteiger partial charge in [0.15, 0.2) is 0 Å². The molecule has 2 N–H and O–H groups in total. The maximum atomic E-state index is 12.7. The number of aryl methyl sites for hydroxylation is 2. The summed E-state index contributed by atoms with van der Waals surface area (Å²) in [4.78, 5) is 15.9. The Labute approximate surface area is 140 Å². The summed E-state index contributed by atoms with van der Waals surface area (Å²) >= 11 is 0. The first-order valence-electron chi connectivity index (χ1n) is 7.93. The van der Waals surface area contributed by atoms with Crippen molar-refractivity contribution in [3.8, 4) is 0 Å². The van der Waals surface area contributed by atoms with E-state index in [4.69, 9.17) is 4.74 Å². The number of carbonyl (C=O) groups excluding carboxylic acids is 1. The number of carbonyl (C=O) groups is 1. The van der Waals surface area contributed by atoms with Gasteiger partial charge in [-0.25, -0.2) is 0 Å². The molecule has 0 spiro atoms. The maximum Gasteiger partial charge on any atom is 0.257 e. The summed E-state index contributed by atoms with van der Waals surface area (Å²) in [6, 6.07) is 6.03. The first-order chi connectivity index (χ1) is 11.5. The molecule has 2 heterocycles. The highest BCUT2D eigenvalue weighted by Gasteiger charge is 2.17. The molecule has 2 aromatic heterocycles. The van der Waals surface area contributed by atoms with Gasteiger partial charge in [0.2, 0.25) is 0 Å². The second-order valence-electron chi connectivity index (χ2n) is 5.97. The first-order valence-corrected chi connectivity index (χ1v) is 7.93. The zero-order chi connectivity index (χ0) is 17.3. The molecule has 0 saturated heterocycles. The fourth-order valence-electron chi connectivity index (χ4n) is 2.88.